The Labute approximate surface area is 121 Å². The zero-order valence-corrected chi connectivity index (χ0v) is 11.9. The smallest absolute Gasteiger partial charge is 0.277 e. The van der Waals surface area contributed by atoms with E-state index in [2.05, 4.69) is 5.32 Å². The molecule has 0 radical (unpaired) electrons. The molecule has 1 spiro atoms. The van der Waals surface area contributed by atoms with Gasteiger partial charge in [-0.1, -0.05) is 12.8 Å². The molecule has 0 atom stereocenters. The summed E-state index contributed by atoms with van der Waals surface area (Å²) in [7, 11) is 0. The first-order valence-corrected chi connectivity index (χ1v) is 7.76. The van der Waals surface area contributed by atoms with Crippen LogP contribution >= 0.6 is 11.3 Å². The van der Waals surface area contributed by atoms with Gasteiger partial charge in [0, 0.05) is 6.54 Å². The number of rotatable bonds is 3. The van der Waals surface area contributed by atoms with Crippen molar-refractivity contribution < 1.29 is 14.4 Å². The topological polar surface area (TPSA) is 66.5 Å². The van der Waals surface area contributed by atoms with Crippen molar-refractivity contribution >= 4 is 29.2 Å². The molecule has 0 aromatic carbocycles. The number of carbonyl (C=O) groups is 3. The maximum atomic E-state index is 12.6. The van der Waals surface area contributed by atoms with Crippen LogP contribution in [0.15, 0.2) is 16.8 Å². The lowest BCUT2D eigenvalue weighted by molar-refractivity contribution is -0.151. The number of urea groups is 1. The van der Waals surface area contributed by atoms with Gasteiger partial charge in [0.05, 0.1) is 0 Å². The number of imide groups is 2. The fraction of sp³-hybridized carbons (Fsp3) is 0.500. The van der Waals surface area contributed by atoms with E-state index in [-0.39, 0.29) is 5.91 Å². The van der Waals surface area contributed by atoms with E-state index in [0.29, 0.717) is 25.8 Å². The van der Waals surface area contributed by atoms with Crippen molar-refractivity contribution in [2.45, 2.75) is 32.1 Å². The van der Waals surface area contributed by atoms with Crippen LogP contribution in [0.25, 0.3) is 0 Å². The summed E-state index contributed by atoms with van der Waals surface area (Å²) in [6, 6.07) is 1.40. The minimum absolute atomic E-state index is 0.307. The molecule has 1 aromatic heterocycles. The van der Waals surface area contributed by atoms with E-state index in [1.165, 1.54) is 4.90 Å². The molecule has 20 heavy (non-hydrogen) atoms. The van der Waals surface area contributed by atoms with E-state index in [0.717, 1.165) is 18.4 Å². The van der Waals surface area contributed by atoms with Crippen molar-refractivity contribution in [2.75, 3.05) is 6.54 Å². The fourth-order valence-electron chi connectivity index (χ4n) is 3.03. The van der Waals surface area contributed by atoms with Crippen LogP contribution in [0.3, 0.4) is 0 Å². The average molecular weight is 292 g/mol. The first kappa shape index (κ1) is 13.3. The van der Waals surface area contributed by atoms with E-state index in [9.17, 15) is 14.4 Å². The molecule has 2 aliphatic rings. The number of nitrogens with one attached hydrogen (secondary N) is 1. The molecule has 2 fully saturated rings. The second-order valence-electron chi connectivity index (χ2n) is 5.39. The molecule has 1 aliphatic heterocycles. The highest BCUT2D eigenvalue weighted by atomic mass is 32.1. The lowest BCUT2D eigenvalue weighted by Gasteiger charge is -2.36. The van der Waals surface area contributed by atoms with Crippen molar-refractivity contribution in [2.24, 2.45) is 5.41 Å². The van der Waals surface area contributed by atoms with Gasteiger partial charge in [-0.25, -0.2) is 4.79 Å². The molecular formula is C14H16N2O3S. The van der Waals surface area contributed by atoms with Gasteiger partial charge >= 0.3 is 6.03 Å². The predicted octanol–water partition coefficient (Wildman–Crippen LogP) is 1.93. The van der Waals surface area contributed by atoms with Gasteiger partial charge in [0.15, 0.2) is 0 Å². The third-order valence-electron chi connectivity index (χ3n) is 4.22. The van der Waals surface area contributed by atoms with Crippen LogP contribution in [-0.4, -0.2) is 29.3 Å². The minimum Gasteiger partial charge on any atom is -0.277 e. The standard InChI is InChI=1S/C14H16N2O3S/c17-11-14(5-1-2-6-14)12(18)16(13(19)15-11)7-3-10-4-8-20-9-10/h4,8-9H,1-3,5-7H2,(H,15,17,19). The molecule has 0 unspecified atom stereocenters. The summed E-state index contributed by atoms with van der Waals surface area (Å²) in [6.45, 7) is 0.330. The largest absolute Gasteiger partial charge is 0.330 e. The van der Waals surface area contributed by atoms with Crippen LogP contribution in [0.5, 0.6) is 0 Å². The van der Waals surface area contributed by atoms with E-state index < -0.39 is 17.4 Å². The maximum Gasteiger partial charge on any atom is 0.330 e. The molecule has 1 aromatic rings. The lowest BCUT2D eigenvalue weighted by atomic mass is 9.82. The molecule has 2 heterocycles. The Morgan fingerprint density at radius 1 is 1.25 bits per heavy atom. The molecule has 5 nitrogen and oxygen atoms in total. The summed E-state index contributed by atoms with van der Waals surface area (Å²) >= 11 is 1.59. The van der Waals surface area contributed by atoms with Crippen molar-refractivity contribution in [3.63, 3.8) is 0 Å². The van der Waals surface area contributed by atoms with Crippen molar-refractivity contribution in [1.82, 2.24) is 10.2 Å². The van der Waals surface area contributed by atoms with Gasteiger partial charge in [0.1, 0.15) is 5.41 Å². The number of barbiturate groups is 1. The van der Waals surface area contributed by atoms with Crippen LogP contribution in [0, 0.1) is 5.41 Å². The third kappa shape index (κ3) is 2.04. The van der Waals surface area contributed by atoms with Gasteiger partial charge in [-0.2, -0.15) is 11.3 Å². The third-order valence-corrected chi connectivity index (χ3v) is 4.95. The second-order valence-corrected chi connectivity index (χ2v) is 6.17. The molecule has 3 rings (SSSR count). The predicted molar refractivity (Wildman–Crippen MR) is 74.2 cm³/mol. The highest BCUT2D eigenvalue weighted by molar-refractivity contribution is 7.07. The number of thiophene rings is 1. The van der Waals surface area contributed by atoms with E-state index >= 15 is 0 Å². The van der Waals surface area contributed by atoms with Crippen LogP contribution in [-0.2, 0) is 16.0 Å². The number of hydrogen-bond donors (Lipinski definition) is 1. The van der Waals surface area contributed by atoms with Gasteiger partial charge in [-0.05, 0) is 41.7 Å². The Kier molecular flexibility index (Phi) is 3.33. The molecule has 6 heteroatoms. The summed E-state index contributed by atoms with van der Waals surface area (Å²) in [5.41, 5.74) is 0.121. The van der Waals surface area contributed by atoms with Crippen LogP contribution < -0.4 is 5.32 Å². The Morgan fingerprint density at radius 2 is 2.00 bits per heavy atom. The van der Waals surface area contributed by atoms with Gasteiger partial charge in [-0.15, -0.1) is 0 Å². The first-order chi connectivity index (χ1) is 9.63. The molecule has 1 saturated carbocycles. The summed E-state index contributed by atoms with van der Waals surface area (Å²) < 4.78 is 0. The zero-order valence-electron chi connectivity index (χ0n) is 11.1. The number of nitrogens with zero attached hydrogens (tertiary/aromatic N) is 1. The highest BCUT2D eigenvalue weighted by Gasteiger charge is 2.54. The van der Waals surface area contributed by atoms with Gasteiger partial charge in [-0.3, -0.25) is 19.8 Å². The second kappa shape index (κ2) is 5.01. The Hall–Kier alpha value is -1.69. The van der Waals surface area contributed by atoms with Gasteiger partial charge < -0.3 is 0 Å². The van der Waals surface area contributed by atoms with E-state index in [4.69, 9.17) is 0 Å². The van der Waals surface area contributed by atoms with E-state index in [1.54, 1.807) is 11.3 Å². The summed E-state index contributed by atoms with van der Waals surface area (Å²) in [5, 5.41) is 6.32. The van der Waals surface area contributed by atoms with Crippen molar-refractivity contribution in [3.05, 3.63) is 22.4 Å². The lowest BCUT2D eigenvalue weighted by Crippen LogP contribution is -2.63. The molecule has 0 bridgehead atoms. The monoisotopic (exact) mass is 292 g/mol. The Balaban J connectivity index is 1.77. The summed E-state index contributed by atoms with van der Waals surface area (Å²) in [6.07, 6.45) is 3.48. The van der Waals surface area contributed by atoms with Crippen molar-refractivity contribution in [3.8, 4) is 0 Å². The number of hydrogen-bond acceptors (Lipinski definition) is 4. The highest BCUT2D eigenvalue weighted by Crippen LogP contribution is 2.41. The fourth-order valence-corrected chi connectivity index (χ4v) is 3.73. The minimum atomic E-state index is -0.984. The van der Waals surface area contributed by atoms with E-state index in [1.807, 2.05) is 16.8 Å². The van der Waals surface area contributed by atoms with Crippen LogP contribution in [0.1, 0.15) is 31.2 Å². The SMILES string of the molecule is O=C1NC(=O)C2(CCCC2)C(=O)N1CCc1ccsc1. The first-order valence-electron chi connectivity index (χ1n) is 6.82. The summed E-state index contributed by atoms with van der Waals surface area (Å²) in [4.78, 5) is 37.7. The molecule has 1 saturated heterocycles. The molecule has 1 N–H and O–H groups in total. The molecule has 4 amide bonds. The van der Waals surface area contributed by atoms with Crippen LogP contribution in [0.2, 0.25) is 0 Å². The average Bonchev–Trinajstić information content (AvgIpc) is 3.09. The van der Waals surface area contributed by atoms with Crippen molar-refractivity contribution in [1.29, 1.82) is 0 Å². The maximum absolute atomic E-state index is 12.6. The van der Waals surface area contributed by atoms with Gasteiger partial charge in [0.2, 0.25) is 11.8 Å². The number of carbonyl (C=O) groups excluding carboxylic acids is 3. The quantitative estimate of drug-likeness (QED) is 0.866. The molecule has 106 valence electrons. The van der Waals surface area contributed by atoms with Gasteiger partial charge in [0.25, 0.3) is 0 Å². The molecule has 1 aliphatic carbocycles. The normalized spacial score (nSPS) is 21.6. The number of amides is 4. The molecular weight excluding hydrogens is 276 g/mol. The Bertz CT molecular complexity index is 547. The zero-order chi connectivity index (χ0) is 14.2. The van der Waals surface area contributed by atoms with Crippen LogP contribution in [0.4, 0.5) is 4.79 Å². The Morgan fingerprint density at radius 3 is 2.65 bits per heavy atom. The summed E-state index contributed by atoms with van der Waals surface area (Å²) in [5.74, 6) is -0.712.